The van der Waals surface area contributed by atoms with Gasteiger partial charge in [0, 0.05) is 36.5 Å². The van der Waals surface area contributed by atoms with Gasteiger partial charge in [-0.1, -0.05) is 0 Å². The minimum absolute atomic E-state index is 0.283. The van der Waals surface area contributed by atoms with Crippen LogP contribution in [0.15, 0.2) is 67.1 Å². The monoisotopic (exact) mass is 607 g/mol. The Kier molecular flexibility index (Phi) is 7.23. The van der Waals surface area contributed by atoms with Crippen LogP contribution >= 0.6 is 11.3 Å². The molecule has 0 spiro atoms. The molecule has 0 aliphatic carbocycles. The number of pyridine rings is 1. The van der Waals surface area contributed by atoms with Gasteiger partial charge >= 0.3 is 0 Å². The van der Waals surface area contributed by atoms with Crippen LogP contribution in [0.1, 0.15) is 39.8 Å². The molecule has 7 rings (SSSR count). The molecule has 10 nitrogen and oxygen atoms in total. The number of halogens is 1. The van der Waals surface area contributed by atoms with Crippen LogP contribution in [-0.4, -0.2) is 65.3 Å². The van der Waals surface area contributed by atoms with Crippen molar-refractivity contribution < 1.29 is 9.18 Å². The van der Waals surface area contributed by atoms with E-state index in [0.717, 1.165) is 64.7 Å². The fourth-order valence-electron chi connectivity index (χ4n) is 5.82. The number of aryl methyl sites for hydroxylation is 2. The van der Waals surface area contributed by atoms with E-state index in [1.165, 1.54) is 23.5 Å². The number of carbonyl (C=O) groups excluding carboxylic acids is 1. The number of likely N-dealkylation sites (tertiary alicyclic amines) is 1. The number of imidazole rings is 1. The summed E-state index contributed by atoms with van der Waals surface area (Å²) in [7, 11) is 4.11. The van der Waals surface area contributed by atoms with Gasteiger partial charge in [-0.25, -0.2) is 18.9 Å². The largest absolute Gasteiger partial charge is 0.306 e. The van der Waals surface area contributed by atoms with Crippen molar-refractivity contribution in [1.82, 2.24) is 39.2 Å². The van der Waals surface area contributed by atoms with Crippen molar-refractivity contribution >= 4 is 28.7 Å². The van der Waals surface area contributed by atoms with Gasteiger partial charge in [0.25, 0.3) is 5.91 Å². The fraction of sp³-hybridized carbons (Fsp3) is 0.250. The lowest BCUT2D eigenvalue weighted by molar-refractivity contribution is 0.102. The van der Waals surface area contributed by atoms with E-state index in [-0.39, 0.29) is 11.7 Å². The van der Waals surface area contributed by atoms with Crippen LogP contribution < -0.4 is 5.32 Å². The summed E-state index contributed by atoms with van der Waals surface area (Å²) in [6, 6.07) is 14.0. The Bertz CT molecular complexity index is 1970. The molecule has 1 amide bonds. The van der Waals surface area contributed by atoms with Crippen LogP contribution in [0.5, 0.6) is 0 Å². The number of amides is 1. The van der Waals surface area contributed by atoms with Gasteiger partial charge in [-0.2, -0.15) is 10.2 Å². The molecule has 6 heterocycles. The first-order valence-corrected chi connectivity index (χ1v) is 15.2. The molecule has 0 bridgehead atoms. The molecule has 0 radical (unpaired) electrons. The average Bonchev–Trinajstić information content (AvgIpc) is 3.72. The molecule has 1 aromatic carbocycles. The summed E-state index contributed by atoms with van der Waals surface area (Å²) in [5, 5.41) is 13.5. The first kappa shape index (κ1) is 28.0. The van der Waals surface area contributed by atoms with E-state index in [1.807, 2.05) is 42.9 Å². The lowest BCUT2D eigenvalue weighted by Gasteiger charge is -2.29. The Labute approximate surface area is 257 Å². The van der Waals surface area contributed by atoms with Crippen molar-refractivity contribution in [2.45, 2.75) is 25.7 Å². The Morgan fingerprint density at radius 3 is 2.55 bits per heavy atom. The van der Waals surface area contributed by atoms with Crippen molar-refractivity contribution in [2.75, 3.05) is 25.5 Å². The number of piperidine rings is 1. The van der Waals surface area contributed by atoms with Gasteiger partial charge in [-0.15, -0.1) is 11.3 Å². The summed E-state index contributed by atoms with van der Waals surface area (Å²) < 4.78 is 17.4. The molecule has 0 unspecified atom stereocenters. The second kappa shape index (κ2) is 11.4. The maximum Gasteiger partial charge on any atom is 0.268 e. The van der Waals surface area contributed by atoms with Crippen LogP contribution in [0.2, 0.25) is 0 Å². The lowest BCUT2D eigenvalue weighted by atomic mass is 9.89. The molecule has 0 atom stereocenters. The van der Waals surface area contributed by atoms with Crippen molar-refractivity contribution in [1.29, 1.82) is 0 Å². The molecule has 1 saturated heterocycles. The summed E-state index contributed by atoms with van der Waals surface area (Å²) in [4.78, 5) is 29.4. The van der Waals surface area contributed by atoms with Crippen LogP contribution in [0.3, 0.4) is 0 Å². The van der Waals surface area contributed by atoms with E-state index in [1.54, 1.807) is 35.2 Å². The zero-order valence-electron chi connectivity index (χ0n) is 24.5. The smallest absolute Gasteiger partial charge is 0.268 e. The second-order valence-electron chi connectivity index (χ2n) is 11.1. The number of aromatic nitrogens is 7. The first-order valence-electron chi connectivity index (χ1n) is 14.4. The molecular weight excluding hydrogens is 577 g/mol. The molecule has 1 aliphatic rings. The molecule has 1 aliphatic heterocycles. The van der Waals surface area contributed by atoms with Gasteiger partial charge in [0.1, 0.15) is 21.4 Å². The molecule has 0 saturated carbocycles. The summed E-state index contributed by atoms with van der Waals surface area (Å²) in [6.07, 6.45) is 7.16. The van der Waals surface area contributed by atoms with Crippen molar-refractivity contribution in [2.24, 2.45) is 7.05 Å². The number of fused-ring (bicyclic) bond motifs is 1. The molecule has 12 heteroatoms. The number of carbonyl (C=O) groups is 1. The number of rotatable bonds is 6. The van der Waals surface area contributed by atoms with E-state index >= 15 is 0 Å². The minimum Gasteiger partial charge on any atom is -0.306 e. The highest BCUT2D eigenvalue weighted by Crippen LogP contribution is 2.40. The number of nitrogens with zero attached hydrogens (tertiary/aromatic N) is 8. The highest BCUT2D eigenvalue weighted by molar-refractivity contribution is 7.17. The third-order valence-corrected chi connectivity index (χ3v) is 9.25. The predicted molar refractivity (Wildman–Crippen MR) is 168 cm³/mol. The van der Waals surface area contributed by atoms with Crippen LogP contribution in [0.4, 0.5) is 10.2 Å². The molecular formula is C32H30FN9OS. The number of hydrogen-bond donors (Lipinski definition) is 1. The zero-order chi connectivity index (χ0) is 30.4. The molecule has 6 aromatic rings. The lowest BCUT2D eigenvalue weighted by Crippen LogP contribution is -2.30. The minimum atomic E-state index is -0.295. The van der Waals surface area contributed by atoms with Crippen LogP contribution in [0.25, 0.3) is 38.7 Å². The van der Waals surface area contributed by atoms with Gasteiger partial charge in [-0.3, -0.25) is 14.5 Å². The number of hydrogen-bond acceptors (Lipinski definition) is 8. The number of anilines is 1. The average molecular weight is 608 g/mol. The van der Waals surface area contributed by atoms with Gasteiger partial charge in [0.2, 0.25) is 0 Å². The summed E-state index contributed by atoms with van der Waals surface area (Å²) in [5.41, 5.74) is 6.44. The Morgan fingerprint density at radius 1 is 1.00 bits per heavy atom. The van der Waals surface area contributed by atoms with Gasteiger partial charge in [-0.05, 0) is 88.4 Å². The second-order valence-corrected chi connectivity index (χ2v) is 12.1. The SMILES string of the molecule is Cc1nc(-c2cccnc2)sc1C(=O)Nc1cn2nc(-c3c(-c4ccc(F)cc4)nn(C)c3C3CCN(C)CC3)ccc2n1. The number of thiazole rings is 1. The Hall–Kier alpha value is -4.81. The molecule has 44 heavy (non-hydrogen) atoms. The highest BCUT2D eigenvalue weighted by Gasteiger charge is 2.29. The van der Waals surface area contributed by atoms with E-state index in [0.29, 0.717) is 28.0 Å². The third kappa shape index (κ3) is 5.26. The molecule has 5 aromatic heterocycles. The topological polar surface area (TPSA) is 106 Å². The maximum atomic E-state index is 13.8. The predicted octanol–water partition coefficient (Wildman–Crippen LogP) is 5.82. The van der Waals surface area contributed by atoms with E-state index < -0.39 is 0 Å². The third-order valence-electron chi connectivity index (χ3n) is 8.04. The number of benzene rings is 1. The van der Waals surface area contributed by atoms with Gasteiger partial charge in [0.15, 0.2) is 11.5 Å². The van der Waals surface area contributed by atoms with E-state index in [4.69, 9.17) is 10.2 Å². The van der Waals surface area contributed by atoms with Gasteiger partial charge < -0.3 is 10.2 Å². The van der Waals surface area contributed by atoms with Crippen molar-refractivity contribution in [3.05, 3.63) is 89.2 Å². The summed E-state index contributed by atoms with van der Waals surface area (Å²) in [5.74, 6) is 0.114. The first-order chi connectivity index (χ1) is 21.3. The fourth-order valence-corrected chi connectivity index (χ4v) is 6.77. The maximum absolute atomic E-state index is 13.8. The quantitative estimate of drug-likeness (QED) is 0.254. The van der Waals surface area contributed by atoms with E-state index in [9.17, 15) is 9.18 Å². The van der Waals surface area contributed by atoms with Crippen LogP contribution in [-0.2, 0) is 7.05 Å². The molecule has 1 fully saturated rings. The zero-order valence-corrected chi connectivity index (χ0v) is 25.3. The normalized spacial score (nSPS) is 14.4. The van der Waals surface area contributed by atoms with Crippen LogP contribution in [0, 0.1) is 12.7 Å². The van der Waals surface area contributed by atoms with Crippen molar-refractivity contribution in [3.8, 4) is 33.1 Å². The van der Waals surface area contributed by atoms with Crippen molar-refractivity contribution in [3.63, 3.8) is 0 Å². The molecule has 222 valence electrons. The Balaban J connectivity index is 1.23. The highest BCUT2D eigenvalue weighted by atomic mass is 32.1. The summed E-state index contributed by atoms with van der Waals surface area (Å²) >= 11 is 1.32. The van der Waals surface area contributed by atoms with E-state index in [2.05, 4.69) is 32.2 Å². The number of nitrogens with one attached hydrogen (secondary N) is 1. The summed E-state index contributed by atoms with van der Waals surface area (Å²) in [6.45, 7) is 3.82. The Morgan fingerprint density at radius 2 is 1.80 bits per heavy atom. The molecule has 1 N–H and O–H groups in total. The standard InChI is InChI=1S/C32H30FN9OS/c1-19-30(44-32(35-19)22-5-4-14-34-17-22)31(43)37-25-18-42-26(36-25)11-10-24(38-42)27-28(20-6-8-23(33)9-7-20)39-41(3)29(27)21-12-15-40(2)16-13-21/h4-11,14,17-18,21H,12-13,15-16H2,1-3H3,(H,37,43). The van der Waals surface area contributed by atoms with Gasteiger partial charge in [0.05, 0.1) is 28.8 Å².